The summed E-state index contributed by atoms with van der Waals surface area (Å²) in [5, 5.41) is 4.77. The van der Waals surface area contributed by atoms with Gasteiger partial charge in [0.1, 0.15) is 12.4 Å². The van der Waals surface area contributed by atoms with Crippen molar-refractivity contribution in [2.45, 2.75) is 33.6 Å². The van der Waals surface area contributed by atoms with Crippen molar-refractivity contribution in [2.75, 3.05) is 19.0 Å². The number of amides is 2. The number of allylic oxidation sites excluding steroid dienone is 4. The summed E-state index contributed by atoms with van der Waals surface area (Å²) in [6, 6.07) is 4.46. The summed E-state index contributed by atoms with van der Waals surface area (Å²) >= 11 is 0. The third kappa shape index (κ3) is 12.9. The predicted molar refractivity (Wildman–Crippen MR) is 109 cm³/mol. The monoisotopic (exact) mass is 376 g/mol. The Bertz CT molecular complexity index is 628. The van der Waals surface area contributed by atoms with Gasteiger partial charge in [0.05, 0.1) is 7.11 Å². The molecule has 1 rings (SSSR count). The summed E-state index contributed by atoms with van der Waals surface area (Å²) in [5.74, 6) is -0.808. The summed E-state index contributed by atoms with van der Waals surface area (Å²) in [6.45, 7) is 5.63. The number of hydrogen-bond acceptors (Lipinski definition) is 3. The first-order chi connectivity index (χ1) is 13.0. The fourth-order valence-corrected chi connectivity index (χ4v) is 1.80. The topological polar surface area (TPSA) is 67.4 Å². The first-order valence-corrected chi connectivity index (χ1v) is 8.44. The van der Waals surface area contributed by atoms with Crippen LogP contribution in [-0.4, -0.2) is 25.7 Å². The van der Waals surface area contributed by atoms with E-state index in [0.29, 0.717) is 17.7 Å². The van der Waals surface area contributed by atoms with Gasteiger partial charge in [-0.3, -0.25) is 4.79 Å². The highest BCUT2D eigenvalue weighted by molar-refractivity contribution is 5.94. The molecule has 0 bridgehead atoms. The number of alkyl carbamates (subject to hydrolysis) is 1. The number of carbonyl (C=O) groups excluding carboxylic acids is 2. The Balaban J connectivity index is 0. The first kappa shape index (κ1) is 26.2. The number of halogens is 1. The minimum atomic E-state index is -0.694. The zero-order valence-electron chi connectivity index (χ0n) is 16.4. The molecular weight excluding hydrogens is 347 g/mol. The van der Waals surface area contributed by atoms with Crippen molar-refractivity contribution in [1.82, 2.24) is 5.32 Å². The molecule has 0 radical (unpaired) electrons. The second-order valence-corrected chi connectivity index (χ2v) is 4.89. The van der Waals surface area contributed by atoms with Gasteiger partial charge >= 0.3 is 6.09 Å². The van der Waals surface area contributed by atoms with Gasteiger partial charge in [-0.2, -0.15) is 0 Å². The molecule has 1 aromatic carbocycles. The van der Waals surface area contributed by atoms with E-state index in [4.69, 9.17) is 0 Å². The lowest BCUT2D eigenvalue weighted by Crippen LogP contribution is -2.32. The number of benzene rings is 1. The largest absolute Gasteiger partial charge is 0.453 e. The lowest BCUT2D eigenvalue weighted by molar-refractivity contribution is -0.115. The lowest BCUT2D eigenvalue weighted by Gasteiger charge is -2.10. The van der Waals surface area contributed by atoms with E-state index in [1.165, 1.54) is 19.2 Å². The molecule has 0 heterocycles. The van der Waals surface area contributed by atoms with Gasteiger partial charge in [0.15, 0.2) is 0 Å². The van der Waals surface area contributed by atoms with Crippen molar-refractivity contribution < 1.29 is 18.7 Å². The van der Waals surface area contributed by atoms with E-state index in [1.54, 1.807) is 13.0 Å². The van der Waals surface area contributed by atoms with Crippen LogP contribution in [0.5, 0.6) is 0 Å². The van der Waals surface area contributed by atoms with E-state index in [1.807, 2.05) is 13.8 Å². The fourth-order valence-electron chi connectivity index (χ4n) is 1.80. The zero-order valence-corrected chi connectivity index (χ0v) is 16.4. The highest BCUT2D eigenvalue weighted by Gasteiger charge is 2.10. The lowest BCUT2D eigenvalue weighted by atomic mass is 10.1. The molecule has 1 aromatic rings. The summed E-state index contributed by atoms with van der Waals surface area (Å²) in [6.07, 6.45) is 17.2. The number of terminal acetylenes is 1. The SMILES string of the molecule is C#C.C/C=C/C/C=C/C.CCc1c(F)cccc1NC(=O)CNC(=O)OC. The number of carbonyl (C=O) groups is 2. The van der Waals surface area contributed by atoms with Crippen LogP contribution in [0.4, 0.5) is 14.9 Å². The molecule has 0 unspecified atom stereocenters. The van der Waals surface area contributed by atoms with Crippen LogP contribution in [0.15, 0.2) is 42.5 Å². The van der Waals surface area contributed by atoms with Crippen molar-refractivity contribution in [1.29, 1.82) is 0 Å². The second-order valence-electron chi connectivity index (χ2n) is 4.89. The normalized spacial score (nSPS) is 9.59. The summed E-state index contributed by atoms with van der Waals surface area (Å²) in [7, 11) is 1.20. The molecule has 0 aliphatic carbocycles. The molecule has 27 heavy (non-hydrogen) atoms. The number of rotatable bonds is 6. The van der Waals surface area contributed by atoms with Crippen LogP contribution < -0.4 is 10.6 Å². The van der Waals surface area contributed by atoms with Crippen molar-refractivity contribution in [3.8, 4) is 12.8 Å². The third-order valence-electron chi connectivity index (χ3n) is 3.07. The minimum Gasteiger partial charge on any atom is -0.453 e. The van der Waals surface area contributed by atoms with Gasteiger partial charge in [0, 0.05) is 11.3 Å². The molecule has 0 aromatic heterocycles. The smallest absolute Gasteiger partial charge is 0.407 e. The molecular formula is C21H29FN2O3. The van der Waals surface area contributed by atoms with Crippen LogP contribution in [0.2, 0.25) is 0 Å². The van der Waals surface area contributed by atoms with Crippen LogP contribution >= 0.6 is 0 Å². The molecule has 0 aliphatic heterocycles. The molecule has 148 valence electrons. The summed E-state index contributed by atoms with van der Waals surface area (Å²) < 4.78 is 17.8. The fraction of sp³-hybridized carbons (Fsp3) is 0.333. The van der Waals surface area contributed by atoms with E-state index in [-0.39, 0.29) is 12.4 Å². The Kier molecular flexibility index (Phi) is 17.2. The van der Waals surface area contributed by atoms with E-state index in [9.17, 15) is 14.0 Å². The van der Waals surface area contributed by atoms with Crippen molar-refractivity contribution in [3.05, 3.63) is 53.9 Å². The highest BCUT2D eigenvalue weighted by Crippen LogP contribution is 2.19. The Morgan fingerprint density at radius 2 is 1.78 bits per heavy atom. The maximum atomic E-state index is 13.4. The predicted octanol–water partition coefficient (Wildman–Crippen LogP) is 4.46. The Labute approximate surface area is 161 Å². The molecule has 0 spiro atoms. The van der Waals surface area contributed by atoms with Crippen LogP contribution in [0.25, 0.3) is 0 Å². The number of nitrogens with one attached hydrogen (secondary N) is 2. The average molecular weight is 376 g/mol. The summed E-state index contributed by atoms with van der Waals surface area (Å²) in [5.41, 5.74) is 0.845. The summed E-state index contributed by atoms with van der Waals surface area (Å²) in [4.78, 5) is 22.3. The molecule has 2 N–H and O–H groups in total. The molecule has 0 saturated carbocycles. The maximum absolute atomic E-state index is 13.4. The van der Waals surface area contributed by atoms with Gasteiger partial charge in [0.2, 0.25) is 5.91 Å². The average Bonchev–Trinajstić information content (AvgIpc) is 2.69. The van der Waals surface area contributed by atoms with Gasteiger partial charge in [-0.15, -0.1) is 12.8 Å². The number of ether oxygens (including phenoxy) is 1. The van der Waals surface area contributed by atoms with E-state index < -0.39 is 12.0 Å². The Morgan fingerprint density at radius 3 is 2.26 bits per heavy atom. The molecule has 2 amide bonds. The first-order valence-electron chi connectivity index (χ1n) is 8.44. The quantitative estimate of drug-likeness (QED) is 0.569. The number of anilines is 1. The van der Waals surface area contributed by atoms with Gasteiger partial charge in [-0.1, -0.05) is 37.3 Å². The van der Waals surface area contributed by atoms with Crippen molar-refractivity contribution in [2.24, 2.45) is 0 Å². The Morgan fingerprint density at radius 1 is 1.19 bits per heavy atom. The zero-order chi connectivity index (χ0) is 21.1. The molecule has 5 nitrogen and oxygen atoms in total. The Hall–Kier alpha value is -3.07. The minimum absolute atomic E-state index is 0.230. The van der Waals surface area contributed by atoms with E-state index >= 15 is 0 Å². The highest BCUT2D eigenvalue weighted by atomic mass is 19.1. The van der Waals surface area contributed by atoms with E-state index in [2.05, 4.69) is 52.5 Å². The molecule has 0 saturated heterocycles. The third-order valence-corrected chi connectivity index (χ3v) is 3.07. The van der Waals surface area contributed by atoms with Gasteiger partial charge < -0.3 is 15.4 Å². The van der Waals surface area contributed by atoms with Gasteiger partial charge in [-0.25, -0.2) is 9.18 Å². The number of hydrogen-bond donors (Lipinski definition) is 2. The molecule has 0 atom stereocenters. The van der Waals surface area contributed by atoms with Crippen LogP contribution in [0.1, 0.15) is 32.8 Å². The maximum Gasteiger partial charge on any atom is 0.407 e. The second kappa shape index (κ2) is 17.7. The van der Waals surface area contributed by atoms with Crippen LogP contribution in [0, 0.1) is 18.7 Å². The van der Waals surface area contributed by atoms with Crippen molar-refractivity contribution >= 4 is 17.7 Å². The number of methoxy groups -OCH3 is 1. The van der Waals surface area contributed by atoms with E-state index in [0.717, 1.165) is 6.42 Å². The van der Waals surface area contributed by atoms with Crippen LogP contribution in [0.3, 0.4) is 0 Å². The molecule has 6 heteroatoms. The van der Waals surface area contributed by atoms with Crippen LogP contribution in [-0.2, 0) is 16.0 Å². The van der Waals surface area contributed by atoms with Gasteiger partial charge in [-0.05, 0) is 38.8 Å². The van der Waals surface area contributed by atoms with Crippen molar-refractivity contribution in [3.63, 3.8) is 0 Å². The van der Waals surface area contributed by atoms with Gasteiger partial charge in [0.25, 0.3) is 0 Å². The molecule has 0 fully saturated rings. The standard InChI is InChI=1S/C12H15FN2O3.C7H12.C2H2/c1-3-8-9(13)5-4-6-10(8)15-11(16)7-14-12(17)18-2;1-3-5-7-6-4-2;1-2/h4-6H,3,7H2,1-2H3,(H,14,17)(H,15,16);3-6H,7H2,1-2H3;1-2H/b;5-3+,6-4+;. The molecule has 0 aliphatic rings.